The van der Waals surface area contributed by atoms with Crippen molar-refractivity contribution in [3.63, 3.8) is 0 Å². The summed E-state index contributed by atoms with van der Waals surface area (Å²) in [5.41, 5.74) is 7.97. The first-order chi connectivity index (χ1) is 40.3. The molecule has 0 spiro atoms. The highest BCUT2D eigenvalue weighted by atomic mass is 31.0. The predicted octanol–water partition coefficient (Wildman–Crippen LogP) is 18.6. The number of aliphatic imine (C=N–C) groups is 2. The van der Waals surface area contributed by atoms with Crippen LogP contribution < -0.4 is 10.6 Å². The number of benzene rings is 6. The van der Waals surface area contributed by atoms with Crippen LogP contribution in [0.1, 0.15) is 139 Å². The first kappa shape index (κ1) is 69.1. The third-order valence-electron chi connectivity index (χ3n) is 15.5. The van der Waals surface area contributed by atoms with Gasteiger partial charge in [-0.15, -0.1) is 25.1 Å². The fourth-order valence-electron chi connectivity index (χ4n) is 10.5. The average Bonchev–Trinajstić information content (AvgIpc) is 4.40. The second-order valence-corrected chi connectivity index (χ2v) is 27.2. The van der Waals surface area contributed by atoms with Crippen molar-refractivity contribution in [3.05, 3.63) is 218 Å². The van der Waals surface area contributed by atoms with Gasteiger partial charge in [0.25, 0.3) is 0 Å². The molecule has 0 radical (unpaired) electrons. The number of hydrogen-bond donors (Lipinski definition) is 0. The summed E-state index contributed by atoms with van der Waals surface area (Å²) in [6.45, 7) is 34.4. The Morgan fingerprint density at radius 1 is 0.565 bits per heavy atom. The maximum Gasteiger partial charge on any atom is 0.513 e. The molecule has 2 heterocycles. The van der Waals surface area contributed by atoms with Gasteiger partial charge < -0.3 is 18.9 Å². The Labute approximate surface area is 515 Å². The van der Waals surface area contributed by atoms with Gasteiger partial charge in [-0.1, -0.05) is 259 Å². The first-order valence-electron chi connectivity index (χ1n) is 29.9. The van der Waals surface area contributed by atoms with E-state index in [1.165, 1.54) is 45.4 Å². The SMILES string of the molecule is C=CCOC(=O)OC1=C(C)CCCC1(C)C.C=CC[C@]1(C)CCCC(C)(C)C1=O.CC(C)(C)[C@@H]1COC(c2ccccc2-c2ccccc2)=N1.CC(C)(C)[C@H]1COC(c2ccccc2-c2ccccc2)=N1.Pc1ccccc1.Pc1ccccc1. The van der Waals surface area contributed by atoms with E-state index in [0.29, 0.717) is 19.0 Å². The molecule has 452 valence electrons. The zero-order valence-corrected chi connectivity index (χ0v) is 55.3. The lowest BCUT2D eigenvalue weighted by molar-refractivity contribution is -0.140. The van der Waals surface area contributed by atoms with E-state index in [1.807, 2.05) is 97.9 Å². The first-order valence-corrected chi connectivity index (χ1v) is 31.1. The van der Waals surface area contributed by atoms with E-state index in [-0.39, 0.29) is 45.8 Å². The van der Waals surface area contributed by atoms with Gasteiger partial charge in [-0.3, -0.25) is 4.79 Å². The number of ether oxygens (including phenoxy) is 4. The number of ketones is 1. The number of allylic oxidation sites excluding steroid dienone is 3. The van der Waals surface area contributed by atoms with Gasteiger partial charge in [0.1, 0.15) is 31.4 Å². The van der Waals surface area contributed by atoms with Crippen molar-refractivity contribution in [3.8, 4) is 22.3 Å². The molecule has 1 fully saturated rings. The molecule has 6 aromatic carbocycles. The van der Waals surface area contributed by atoms with E-state index in [2.05, 4.69) is 193 Å². The number of carbonyl (C=O) groups excluding carboxylic acids is 2. The van der Waals surface area contributed by atoms with Gasteiger partial charge in [0.05, 0.1) is 12.1 Å². The standard InChI is InChI=1S/2C19H21NO.C13H20O3.C12H20O.2C6H7P/c2*1-19(2,3)17-13-21-18(20-17)16-12-8-7-11-15(16)14-9-5-4-6-10-14;1-5-9-15-12(14)16-11-10(2)7-6-8-13(11,3)4;1-5-7-12(4)9-6-8-11(2,3)10(12)13;2*7-6-4-2-1-3-5-6/h2*4-12,17H,13H2,1-3H3;5H,1,6-9H2,2-4H3;5H,1,6-9H2,2-4H3;2*1-5H,7H2/t2*17-;;12-;;/m10.1../s1. The third kappa shape index (κ3) is 21.6. The van der Waals surface area contributed by atoms with Crippen LogP contribution in [0.4, 0.5) is 4.79 Å². The van der Waals surface area contributed by atoms with Crippen LogP contribution in [0.3, 0.4) is 0 Å². The van der Waals surface area contributed by atoms with Crippen molar-refractivity contribution in [1.82, 2.24) is 0 Å². The minimum Gasteiger partial charge on any atom is -0.475 e. The number of carbonyl (C=O) groups is 2. The van der Waals surface area contributed by atoms with Crippen LogP contribution in [-0.2, 0) is 23.7 Å². The van der Waals surface area contributed by atoms with Crippen LogP contribution in [0, 0.1) is 27.1 Å². The third-order valence-corrected chi connectivity index (χ3v) is 16.3. The maximum absolute atomic E-state index is 12.1. The van der Waals surface area contributed by atoms with Gasteiger partial charge >= 0.3 is 6.16 Å². The zero-order chi connectivity index (χ0) is 62.3. The summed E-state index contributed by atoms with van der Waals surface area (Å²) in [6, 6.07) is 58.1. The van der Waals surface area contributed by atoms with Crippen molar-refractivity contribution in [1.29, 1.82) is 0 Å². The van der Waals surface area contributed by atoms with Crippen LogP contribution in [0.25, 0.3) is 22.3 Å². The molecular formula is C75H96N2O6P2. The Balaban J connectivity index is 0.000000194. The fourth-order valence-corrected chi connectivity index (χ4v) is 10.9. The van der Waals surface area contributed by atoms with E-state index in [0.717, 1.165) is 72.8 Å². The highest BCUT2D eigenvalue weighted by Gasteiger charge is 2.44. The largest absolute Gasteiger partial charge is 0.513 e. The second-order valence-electron chi connectivity index (χ2n) is 25.8. The lowest BCUT2D eigenvalue weighted by Crippen LogP contribution is -2.42. The van der Waals surface area contributed by atoms with Crippen molar-refractivity contribution in [2.75, 3.05) is 19.8 Å². The summed E-state index contributed by atoms with van der Waals surface area (Å²) in [6.07, 6.45) is 10.0. The Kier molecular flexibility index (Phi) is 26.6. The fraction of sp³-hybridized carbons (Fsp3) is 0.387. The Morgan fingerprint density at radius 2 is 0.953 bits per heavy atom. The molecule has 1 saturated carbocycles. The van der Waals surface area contributed by atoms with Gasteiger partial charge in [0.15, 0.2) is 0 Å². The molecule has 10 rings (SSSR count). The quantitative estimate of drug-likeness (QED) is 0.0813. The molecule has 2 aliphatic carbocycles. The van der Waals surface area contributed by atoms with Crippen molar-refractivity contribution < 1.29 is 28.5 Å². The van der Waals surface area contributed by atoms with Gasteiger partial charge in [0, 0.05) is 27.4 Å². The number of hydrogen-bond acceptors (Lipinski definition) is 8. The highest BCUT2D eigenvalue weighted by Crippen LogP contribution is 2.45. The highest BCUT2D eigenvalue weighted by molar-refractivity contribution is 7.27. The molecule has 10 heteroatoms. The van der Waals surface area contributed by atoms with E-state index in [9.17, 15) is 9.59 Å². The van der Waals surface area contributed by atoms with Crippen LogP contribution >= 0.6 is 18.5 Å². The summed E-state index contributed by atoms with van der Waals surface area (Å²) < 4.78 is 21.9. The molecule has 4 aliphatic rings. The Bertz CT molecular complexity index is 3000. The summed E-state index contributed by atoms with van der Waals surface area (Å²) in [5, 5.41) is 2.48. The molecule has 0 saturated heterocycles. The van der Waals surface area contributed by atoms with E-state index in [1.54, 1.807) is 0 Å². The Morgan fingerprint density at radius 3 is 1.31 bits per heavy atom. The van der Waals surface area contributed by atoms with E-state index < -0.39 is 6.16 Å². The minimum absolute atomic E-state index is 0.0739. The molecule has 5 atom stereocenters. The number of Topliss-reactive ketones (excluding diaryl/α,β-unsaturated/α-hetero) is 1. The van der Waals surface area contributed by atoms with Gasteiger partial charge in [0.2, 0.25) is 11.8 Å². The molecule has 6 aromatic rings. The monoisotopic (exact) mass is 1180 g/mol. The van der Waals surface area contributed by atoms with Crippen LogP contribution in [0.5, 0.6) is 0 Å². The van der Waals surface area contributed by atoms with Crippen LogP contribution in [0.2, 0.25) is 0 Å². The average molecular weight is 1180 g/mol. The molecule has 85 heavy (non-hydrogen) atoms. The smallest absolute Gasteiger partial charge is 0.475 e. The minimum atomic E-state index is -0.635. The molecular weight excluding hydrogens is 1090 g/mol. The molecule has 0 bridgehead atoms. The number of rotatable bonds is 9. The molecule has 0 aromatic heterocycles. The molecule has 8 nitrogen and oxygen atoms in total. The molecule has 2 unspecified atom stereocenters. The molecule has 2 aliphatic heterocycles. The zero-order valence-electron chi connectivity index (χ0n) is 53.0. The predicted molar refractivity (Wildman–Crippen MR) is 365 cm³/mol. The summed E-state index contributed by atoms with van der Waals surface area (Å²) in [5.74, 6) is 2.74. The Hall–Kier alpha value is -6.72. The maximum atomic E-state index is 12.1. The number of nitrogens with zero attached hydrogens (tertiary/aromatic N) is 2. The lowest BCUT2D eigenvalue weighted by atomic mass is 9.62. The van der Waals surface area contributed by atoms with Gasteiger partial charge in [-0.25, -0.2) is 14.8 Å². The molecule has 0 amide bonds. The van der Waals surface area contributed by atoms with Crippen LogP contribution in [-0.4, -0.2) is 55.6 Å². The van der Waals surface area contributed by atoms with Crippen molar-refractivity contribution in [2.45, 2.75) is 140 Å². The van der Waals surface area contributed by atoms with Gasteiger partial charge in [-0.2, -0.15) is 0 Å². The van der Waals surface area contributed by atoms with Gasteiger partial charge in [-0.05, 0) is 107 Å². The normalized spacial score (nSPS) is 19.1. The van der Waals surface area contributed by atoms with E-state index >= 15 is 0 Å². The van der Waals surface area contributed by atoms with Crippen molar-refractivity contribution in [2.24, 2.45) is 37.1 Å². The van der Waals surface area contributed by atoms with Crippen LogP contribution in [0.15, 0.2) is 216 Å². The lowest BCUT2D eigenvalue weighted by Gasteiger charge is -2.40. The topological polar surface area (TPSA) is 95.8 Å². The van der Waals surface area contributed by atoms with Crippen molar-refractivity contribution >= 4 is 52.8 Å². The summed E-state index contributed by atoms with van der Waals surface area (Å²) in [4.78, 5) is 33.1. The summed E-state index contributed by atoms with van der Waals surface area (Å²) in [7, 11) is 5.26. The second kappa shape index (κ2) is 32.7. The summed E-state index contributed by atoms with van der Waals surface area (Å²) >= 11 is 0. The van der Waals surface area contributed by atoms with E-state index in [4.69, 9.17) is 28.9 Å². The molecule has 0 N–H and O–H groups in total.